The number of rotatable bonds is 10. The summed E-state index contributed by atoms with van der Waals surface area (Å²) in [5.74, 6) is -0.193. The number of pyridine rings is 1. The van der Waals surface area contributed by atoms with E-state index in [1.165, 1.54) is 6.07 Å². The van der Waals surface area contributed by atoms with Crippen LogP contribution in [0.1, 0.15) is 56.4 Å². The van der Waals surface area contributed by atoms with Gasteiger partial charge in [-0.25, -0.2) is 4.98 Å². The van der Waals surface area contributed by atoms with E-state index < -0.39 is 23.1 Å². The molecule has 254 valence electrons. The minimum atomic E-state index is -4.45. The Bertz CT molecular complexity index is 2100. The van der Waals surface area contributed by atoms with Crippen molar-refractivity contribution in [2.45, 2.75) is 70.0 Å². The Balaban J connectivity index is 1.37. The van der Waals surface area contributed by atoms with Crippen LogP contribution in [0.5, 0.6) is 5.75 Å². The number of benzene rings is 3. The molecule has 6 aromatic rings. The van der Waals surface area contributed by atoms with E-state index in [0.29, 0.717) is 36.6 Å². The van der Waals surface area contributed by atoms with Crippen molar-refractivity contribution in [3.8, 4) is 17.0 Å². The largest absolute Gasteiger partial charge is 0.486 e. The SMILES string of the molecule is CC(C)(C)Sc1c(CC(C)(C)C(=O)O)n(Cc2ccc(-c3ccc(C(F)(F)F)cn3)cc2)c2ccc(OCc3nc4ccccc4s3)cc12. The van der Waals surface area contributed by atoms with Gasteiger partial charge in [0.2, 0.25) is 0 Å². The molecule has 0 atom stereocenters. The Labute approximate surface area is 291 Å². The predicted molar refractivity (Wildman–Crippen MR) is 190 cm³/mol. The smallest absolute Gasteiger partial charge is 0.417 e. The number of nitrogens with zero attached hydrogens (tertiary/aromatic N) is 3. The molecule has 1 N–H and O–H groups in total. The van der Waals surface area contributed by atoms with Gasteiger partial charge in [0.1, 0.15) is 17.4 Å². The third-order valence-electron chi connectivity index (χ3n) is 8.07. The molecule has 0 amide bonds. The maximum Gasteiger partial charge on any atom is 0.417 e. The second-order valence-electron chi connectivity index (χ2n) is 13.6. The van der Waals surface area contributed by atoms with Gasteiger partial charge in [-0.05, 0) is 61.9 Å². The highest BCUT2D eigenvalue weighted by atomic mass is 32.2. The number of carbonyl (C=O) groups is 1. The summed E-state index contributed by atoms with van der Waals surface area (Å²) in [5, 5.41) is 12.0. The van der Waals surface area contributed by atoms with Crippen molar-refractivity contribution in [2.75, 3.05) is 0 Å². The molecular weight excluding hydrogens is 668 g/mol. The third-order valence-corrected chi connectivity index (χ3v) is 10.4. The number of fused-ring (bicyclic) bond motifs is 2. The lowest BCUT2D eigenvalue weighted by Crippen LogP contribution is -2.28. The first-order chi connectivity index (χ1) is 23.1. The zero-order valence-corrected chi connectivity index (χ0v) is 29.4. The number of aliphatic carboxylic acids is 1. The topological polar surface area (TPSA) is 77.2 Å². The van der Waals surface area contributed by atoms with Gasteiger partial charge in [-0.2, -0.15) is 13.2 Å². The fourth-order valence-electron chi connectivity index (χ4n) is 5.54. The first kappa shape index (κ1) is 34.5. The summed E-state index contributed by atoms with van der Waals surface area (Å²) >= 11 is 3.30. The average Bonchev–Trinajstić information content (AvgIpc) is 3.57. The first-order valence-corrected chi connectivity index (χ1v) is 17.4. The van der Waals surface area contributed by atoms with E-state index in [4.69, 9.17) is 9.72 Å². The van der Waals surface area contributed by atoms with Gasteiger partial charge in [-0.1, -0.05) is 57.2 Å². The molecule has 0 radical (unpaired) electrons. The molecular formula is C38H36F3N3O3S2. The molecule has 3 aromatic carbocycles. The van der Waals surface area contributed by atoms with Gasteiger partial charge in [0.15, 0.2) is 0 Å². The van der Waals surface area contributed by atoms with Gasteiger partial charge in [-0.3, -0.25) is 9.78 Å². The van der Waals surface area contributed by atoms with Crippen LogP contribution >= 0.6 is 23.1 Å². The third kappa shape index (κ3) is 7.78. The zero-order chi connectivity index (χ0) is 35.1. The highest BCUT2D eigenvalue weighted by molar-refractivity contribution is 8.00. The molecule has 0 spiro atoms. The van der Waals surface area contributed by atoms with Crippen LogP contribution in [0, 0.1) is 5.41 Å². The molecule has 0 saturated heterocycles. The van der Waals surface area contributed by atoms with Gasteiger partial charge in [0.25, 0.3) is 0 Å². The lowest BCUT2D eigenvalue weighted by Gasteiger charge is -2.24. The molecule has 0 aliphatic heterocycles. The second-order valence-corrected chi connectivity index (χ2v) is 16.6. The molecule has 0 aliphatic rings. The van der Waals surface area contributed by atoms with Crippen LogP contribution in [0.15, 0.2) is 90.0 Å². The van der Waals surface area contributed by atoms with Gasteiger partial charge < -0.3 is 14.4 Å². The second kappa shape index (κ2) is 13.2. The van der Waals surface area contributed by atoms with Gasteiger partial charge >= 0.3 is 12.1 Å². The van der Waals surface area contributed by atoms with Crippen LogP contribution < -0.4 is 4.74 Å². The summed E-state index contributed by atoms with van der Waals surface area (Å²) in [6, 6.07) is 23.9. The van der Waals surface area contributed by atoms with Gasteiger partial charge in [0.05, 0.1) is 26.9 Å². The normalized spacial score (nSPS) is 12.6. The Hall–Kier alpha value is -4.35. The van der Waals surface area contributed by atoms with Crippen molar-refractivity contribution in [1.29, 1.82) is 0 Å². The number of carboxylic acid groups (broad SMARTS) is 1. The first-order valence-electron chi connectivity index (χ1n) is 15.7. The number of alkyl halides is 3. The van der Waals surface area contributed by atoms with Crippen molar-refractivity contribution in [1.82, 2.24) is 14.5 Å². The van der Waals surface area contributed by atoms with E-state index in [-0.39, 0.29) is 4.75 Å². The van der Waals surface area contributed by atoms with E-state index in [1.807, 2.05) is 66.7 Å². The van der Waals surface area contributed by atoms with Crippen LogP contribution in [-0.4, -0.2) is 30.4 Å². The lowest BCUT2D eigenvalue weighted by atomic mass is 9.88. The monoisotopic (exact) mass is 703 g/mol. The van der Waals surface area contributed by atoms with Crippen LogP contribution in [0.25, 0.3) is 32.4 Å². The Morgan fingerprint density at radius 1 is 0.959 bits per heavy atom. The van der Waals surface area contributed by atoms with E-state index in [1.54, 1.807) is 36.9 Å². The Morgan fingerprint density at radius 3 is 2.33 bits per heavy atom. The summed E-state index contributed by atoms with van der Waals surface area (Å²) in [7, 11) is 0. The molecule has 3 aromatic heterocycles. The van der Waals surface area contributed by atoms with Crippen molar-refractivity contribution >= 4 is 50.2 Å². The highest BCUT2D eigenvalue weighted by Gasteiger charge is 2.33. The molecule has 6 nitrogen and oxygen atoms in total. The predicted octanol–water partition coefficient (Wildman–Crippen LogP) is 10.5. The minimum absolute atomic E-state index is 0.171. The number of carboxylic acids is 1. The molecule has 0 aliphatic carbocycles. The van der Waals surface area contributed by atoms with E-state index in [2.05, 4.69) is 30.3 Å². The number of thiazole rings is 1. The van der Waals surface area contributed by atoms with Crippen LogP contribution in [-0.2, 0) is 30.5 Å². The maximum absolute atomic E-state index is 13.0. The number of para-hydroxylation sites is 1. The van der Waals surface area contributed by atoms with Gasteiger partial charge in [0, 0.05) is 51.0 Å². The molecule has 6 rings (SSSR count). The van der Waals surface area contributed by atoms with Crippen molar-refractivity contribution in [3.05, 3.63) is 107 Å². The number of ether oxygens (including phenoxy) is 1. The number of halogens is 3. The van der Waals surface area contributed by atoms with E-state index in [0.717, 1.165) is 54.5 Å². The van der Waals surface area contributed by atoms with Crippen LogP contribution in [0.3, 0.4) is 0 Å². The number of aromatic nitrogens is 3. The van der Waals surface area contributed by atoms with Gasteiger partial charge in [-0.15, -0.1) is 23.1 Å². The molecule has 0 bridgehead atoms. The highest BCUT2D eigenvalue weighted by Crippen LogP contribution is 2.44. The number of thioether (sulfide) groups is 1. The van der Waals surface area contributed by atoms with Crippen LogP contribution in [0.2, 0.25) is 0 Å². The quantitative estimate of drug-likeness (QED) is 0.143. The maximum atomic E-state index is 13.0. The fourth-order valence-corrected chi connectivity index (χ4v) is 7.61. The lowest BCUT2D eigenvalue weighted by molar-refractivity contribution is -0.147. The standard InChI is InChI=1S/C38H36F3N3O3S2/c1-36(2,3)49-34-27-18-26(47-22-33-43-29-8-6-7-9-32(29)48-33)15-17-30(27)44(31(34)19-37(4,5)35(45)46)21-23-10-12-24(13-11-23)28-16-14-25(20-42-28)38(39,40)41/h6-18,20H,19,21-22H2,1-5H3,(H,45,46). The minimum Gasteiger partial charge on any atom is -0.486 e. The van der Waals surface area contributed by atoms with Crippen molar-refractivity contribution in [2.24, 2.45) is 5.41 Å². The molecule has 0 unspecified atom stereocenters. The van der Waals surface area contributed by atoms with Crippen molar-refractivity contribution < 1.29 is 27.8 Å². The van der Waals surface area contributed by atoms with Crippen molar-refractivity contribution in [3.63, 3.8) is 0 Å². The average molecular weight is 704 g/mol. The zero-order valence-electron chi connectivity index (χ0n) is 27.8. The Kier molecular flexibility index (Phi) is 9.27. The Morgan fingerprint density at radius 2 is 1.69 bits per heavy atom. The summed E-state index contributed by atoms with van der Waals surface area (Å²) in [4.78, 5) is 22.1. The summed E-state index contributed by atoms with van der Waals surface area (Å²) in [6.45, 7) is 10.7. The van der Waals surface area contributed by atoms with Crippen LogP contribution in [0.4, 0.5) is 13.2 Å². The molecule has 0 fully saturated rings. The fraction of sp³-hybridized carbons (Fsp3) is 0.289. The summed E-state index contributed by atoms with van der Waals surface area (Å²) in [5.41, 5.74) is 3.06. The summed E-state index contributed by atoms with van der Waals surface area (Å²) < 4.78 is 48.5. The van der Waals surface area contributed by atoms with E-state index >= 15 is 0 Å². The number of hydrogen-bond acceptors (Lipinski definition) is 6. The summed E-state index contributed by atoms with van der Waals surface area (Å²) in [6.07, 6.45) is -3.31. The molecule has 3 heterocycles. The number of hydrogen-bond donors (Lipinski definition) is 1. The molecule has 49 heavy (non-hydrogen) atoms. The van der Waals surface area contributed by atoms with E-state index in [9.17, 15) is 23.1 Å². The molecule has 0 saturated carbocycles. The molecule has 11 heteroatoms.